The molecule has 0 aliphatic carbocycles. The maximum atomic E-state index is 14.0. The number of nitrogens with one attached hydrogen (secondary N) is 1. The van der Waals surface area contributed by atoms with E-state index in [0.717, 1.165) is 5.39 Å². The van der Waals surface area contributed by atoms with Crippen LogP contribution in [0.1, 0.15) is 32.2 Å². The molecule has 0 spiro atoms. The SMILES string of the molecule is CC(C)(C)c1n[nH]c(-c2nn(Cc3ccccc3F)c3ncccc23)n1. The van der Waals surface area contributed by atoms with Crippen molar-refractivity contribution in [2.45, 2.75) is 32.7 Å². The average Bonchev–Trinajstić information content (AvgIpc) is 3.22. The summed E-state index contributed by atoms with van der Waals surface area (Å²) in [7, 11) is 0. The Morgan fingerprint density at radius 3 is 2.65 bits per heavy atom. The first-order chi connectivity index (χ1) is 12.4. The van der Waals surface area contributed by atoms with Crippen molar-refractivity contribution in [2.24, 2.45) is 0 Å². The molecule has 3 heterocycles. The Kier molecular flexibility index (Phi) is 3.79. The summed E-state index contributed by atoms with van der Waals surface area (Å²) in [6, 6.07) is 10.5. The van der Waals surface area contributed by atoms with Crippen molar-refractivity contribution < 1.29 is 4.39 Å². The molecular weight excluding hydrogens is 331 g/mol. The van der Waals surface area contributed by atoms with Gasteiger partial charge in [0.2, 0.25) is 0 Å². The van der Waals surface area contributed by atoms with E-state index in [1.54, 1.807) is 23.0 Å². The molecule has 6 nitrogen and oxygen atoms in total. The zero-order valence-corrected chi connectivity index (χ0v) is 14.9. The van der Waals surface area contributed by atoms with E-state index in [2.05, 4.69) is 46.0 Å². The van der Waals surface area contributed by atoms with Crippen LogP contribution in [0.5, 0.6) is 0 Å². The van der Waals surface area contributed by atoms with Crippen molar-refractivity contribution in [3.63, 3.8) is 0 Å². The highest BCUT2D eigenvalue weighted by Crippen LogP contribution is 2.27. The third-order valence-electron chi connectivity index (χ3n) is 4.17. The van der Waals surface area contributed by atoms with E-state index < -0.39 is 0 Å². The van der Waals surface area contributed by atoms with Gasteiger partial charge in [-0.1, -0.05) is 39.0 Å². The minimum atomic E-state index is -0.261. The largest absolute Gasteiger partial charge is 0.258 e. The molecule has 0 bridgehead atoms. The first kappa shape index (κ1) is 16.4. The molecule has 7 heteroatoms. The smallest absolute Gasteiger partial charge is 0.177 e. The topological polar surface area (TPSA) is 72.3 Å². The Hall–Kier alpha value is -3.09. The minimum Gasteiger partial charge on any atom is -0.258 e. The van der Waals surface area contributed by atoms with Gasteiger partial charge in [0.1, 0.15) is 11.5 Å². The van der Waals surface area contributed by atoms with E-state index >= 15 is 0 Å². The lowest BCUT2D eigenvalue weighted by Crippen LogP contribution is -2.13. The van der Waals surface area contributed by atoms with Crippen LogP contribution in [-0.2, 0) is 12.0 Å². The second-order valence-electron chi connectivity index (χ2n) is 7.23. The highest BCUT2D eigenvalue weighted by Gasteiger charge is 2.22. The van der Waals surface area contributed by atoms with Gasteiger partial charge in [0.25, 0.3) is 0 Å². The second-order valence-corrected chi connectivity index (χ2v) is 7.23. The number of H-pyrrole nitrogens is 1. The van der Waals surface area contributed by atoms with E-state index in [1.165, 1.54) is 6.07 Å². The van der Waals surface area contributed by atoms with Crippen molar-refractivity contribution in [3.8, 4) is 11.5 Å². The molecule has 132 valence electrons. The Balaban J connectivity index is 1.82. The van der Waals surface area contributed by atoms with Crippen LogP contribution in [0.2, 0.25) is 0 Å². The van der Waals surface area contributed by atoms with Crippen LogP contribution >= 0.6 is 0 Å². The number of fused-ring (bicyclic) bond motifs is 1. The Morgan fingerprint density at radius 2 is 1.92 bits per heavy atom. The van der Waals surface area contributed by atoms with Gasteiger partial charge in [-0.2, -0.15) is 10.2 Å². The molecule has 0 aliphatic rings. The third kappa shape index (κ3) is 2.85. The summed E-state index contributed by atoms with van der Waals surface area (Å²) in [6.45, 7) is 6.45. The highest BCUT2D eigenvalue weighted by molar-refractivity contribution is 5.89. The lowest BCUT2D eigenvalue weighted by Gasteiger charge is -2.11. The molecular formula is C19H19FN6. The van der Waals surface area contributed by atoms with Crippen molar-refractivity contribution in [2.75, 3.05) is 0 Å². The van der Waals surface area contributed by atoms with Crippen molar-refractivity contribution >= 4 is 11.0 Å². The van der Waals surface area contributed by atoms with Crippen LogP contribution in [0, 0.1) is 5.82 Å². The van der Waals surface area contributed by atoms with Gasteiger partial charge in [-0.25, -0.2) is 19.0 Å². The number of aromatic amines is 1. The Bertz CT molecular complexity index is 1070. The molecule has 0 fully saturated rings. The van der Waals surface area contributed by atoms with Gasteiger partial charge in [0.05, 0.1) is 11.9 Å². The molecule has 0 amide bonds. The lowest BCUT2D eigenvalue weighted by atomic mass is 9.96. The van der Waals surface area contributed by atoms with Crippen LogP contribution in [0.4, 0.5) is 4.39 Å². The number of benzene rings is 1. The maximum absolute atomic E-state index is 14.0. The van der Waals surface area contributed by atoms with E-state index in [0.29, 0.717) is 35.1 Å². The third-order valence-corrected chi connectivity index (χ3v) is 4.17. The summed E-state index contributed by atoms with van der Waals surface area (Å²) in [4.78, 5) is 9.02. The summed E-state index contributed by atoms with van der Waals surface area (Å²) in [5, 5.41) is 12.8. The fourth-order valence-electron chi connectivity index (χ4n) is 2.79. The number of pyridine rings is 1. The first-order valence-corrected chi connectivity index (χ1v) is 8.41. The Morgan fingerprint density at radius 1 is 1.12 bits per heavy atom. The number of hydrogen-bond donors (Lipinski definition) is 1. The molecule has 26 heavy (non-hydrogen) atoms. The number of rotatable bonds is 3. The molecule has 0 radical (unpaired) electrons. The number of hydrogen-bond acceptors (Lipinski definition) is 4. The Labute approximate surface area is 150 Å². The molecule has 1 N–H and O–H groups in total. The van der Waals surface area contributed by atoms with Crippen LogP contribution in [0.25, 0.3) is 22.6 Å². The normalized spacial score (nSPS) is 12.0. The molecule has 0 atom stereocenters. The minimum absolute atomic E-state index is 0.168. The van der Waals surface area contributed by atoms with E-state index in [4.69, 9.17) is 0 Å². The van der Waals surface area contributed by atoms with Gasteiger partial charge in [-0.05, 0) is 18.2 Å². The maximum Gasteiger partial charge on any atom is 0.177 e. The van der Waals surface area contributed by atoms with E-state index in [-0.39, 0.29) is 11.2 Å². The fraction of sp³-hybridized carbons (Fsp3) is 0.263. The van der Waals surface area contributed by atoms with Crippen molar-refractivity contribution in [1.82, 2.24) is 29.9 Å². The number of halogens is 1. The molecule has 4 rings (SSSR count). The summed E-state index contributed by atoms with van der Waals surface area (Å²) in [5.74, 6) is 1.04. The van der Waals surface area contributed by atoms with Gasteiger partial charge in [0, 0.05) is 17.2 Å². The summed E-state index contributed by atoms with van der Waals surface area (Å²) >= 11 is 0. The van der Waals surface area contributed by atoms with Crippen molar-refractivity contribution in [3.05, 3.63) is 59.8 Å². The van der Waals surface area contributed by atoms with Crippen LogP contribution in [-0.4, -0.2) is 29.9 Å². The summed E-state index contributed by atoms with van der Waals surface area (Å²) < 4.78 is 15.7. The highest BCUT2D eigenvalue weighted by atomic mass is 19.1. The molecule has 1 aromatic carbocycles. The lowest BCUT2D eigenvalue weighted by molar-refractivity contribution is 0.548. The number of nitrogens with zero attached hydrogens (tertiary/aromatic N) is 5. The molecule has 4 aromatic rings. The predicted octanol–water partition coefficient (Wildman–Crippen LogP) is 3.70. The van der Waals surface area contributed by atoms with Crippen LogP contribution in [0.15, 0.2) is 42.6 Å². The number of aromatic nitrogens is 6. The van der Waals surface area contributed by atoms with E-state index in [9.17, 15) is 4.39 Å². The zero-order valence-electron chi connectivity index (χ0n) is 14.9. The summed E-state index contributed by atoms with van der Waals surface area (Å²) in [5.41, 5.74) is 1.73. The average molecular weight is 350 g/mol. The van der Waals surface area contributed by atoms with Crippen LogP contribution in [0.3, 0.4) is 0 Å². The van der Waals surface area contributed by atoms with Gasteiger partial charge in [0.15, 0.2) is 17.3 Å². The zero-order chi connectivity index (χ0) is 18.3. The standard InChI is InChI=1S/C19H19FN6/c1-19(2,3)18-22-16(23-24-18)15-13-8-6-10-21-17(13)26(25-15)11-12-7-4-5-9-14(12)20/h4-10H,11H2,1-3H3,(H,22,23,24). The predicted molar refractivity (Wildman–Crippen MR) is 97.1 cm³/mol. The monoisotopic (exact) mass is 350 g/mol. The second kappa shape index (κ2) is 6.01. The molecule has 0 saturated carbocycles. The van der Waals surface area contributed by atoms with Gasteiger partial charge >= 0.3 is 0 Å². The molecule has 0 saturated heterocycles. The van der Waals surface area contributed by atoms with Gasteiger partial charge in [-0.3, -0.25) is 5.10 Å². The summed E-state index contributed by atoms with van der Waals surface area (Å²) in [6.07, 6.45) is 1.70. The molecule has 0 aliphatic heterocycles. The quantitative estimate of drug-likeness (QED) is 0.611. The van der Waals surface area contributed by atoms with Gasteiger partial charge < -0.3 is 0 Å². The first-order valence-electron chi connectivity index (χ1n) is 8.41. The van der Waals surface area contributed by atoms with Crippen molar-refractivity contribution in [1.29, 1.82) is 0 Å². The van der Waals surface area contributed by atoms with Crippen LogP contribution < -0.4 is 0 Å². The van der Waals surface area contributed by atoms with E-state index in [1.807, 2.05) is 18.2 Å². The van der Waals surface area contributed by atoms with Gasteiger partial charge in [-0.15, -0.1) is 0 Å². The molecule has 3 aromatic heterocycles. The molecule has 0 unspecified atom stereocenters. The fourth-order valence-corrected chi connectivity index (χ4v) is 2.79.